The molecule has 5 rings (SSSR count). The molecule has 0 bridgehead atoms. The van der Waals surface area contributed by atoms with Gasteiger partial charge in [0.05, 0.1) is 5.69 Å². The quantitative estimate of drug-likeness (QED) is 0.470. The number of benzene rings is 1. The molecule has 2 heterocycles. The highest BCUT2D eigenvalue weighted by Crippen LogP contribution is 2.41. The Bertz CT molecular complexity index is 1360. The van der Waals surface area contributed by atoms with E-state index >= 15 is 4.39 Å². The van der Waals surface area contributed by atoms with Crippen LogP contribution in [0.25, 0.3) is 6.08 Å². The zero-order chi connectivity index (χ0) is 24.9. The van der Waals surface area contributed by atoms with Crippen molar-refractivity contribution in [1.29, 1.82) is 0 Å². The van der Waals surface area contributed by atoms with Crippen LogP contribution >= 0.6 is 0 Å². The van der Waals surface area contributed by atoms with Crippen molar-refractivity contribution in [3.63, 3.8) is 0 Å². The third kappa shape index (κ3) is 4.73. The smallest absolute Gasteiger partial charge is 0.437 e. The van der Waals surface area contributed by atoms with Gasteiger partial charge in [-0.25, -0.2) is 14.2 Å². The Morgan fingerprint density at radius 2 is 1.94 bits per heavy atom. The van der Waals surface area contributed by atoms with Crippen LogP contribution in [0.3, 0.4) is 0 Å². The monoisotopic (exact) mass is 481 g/mol. The summed E-state index contributed by atoms with van der Waals surface area (Å²) < 4.78 is 42.2. The minimum atomic E-state index is -0.941. The summed E-state index contributed by atoms with van der Waals surface area (Å²) in [6.45, 7) is 7.14. The number of halogens is 2. The van der Waals surface area contributed by atoms with E-state index in [4.69, 9.17) is 9.47 Å². The second-order valence-corrected chi connectivity index (χ2v) is 9.81. The van der Waals surface area contributed by atoms with E-state index in [0.29, 0.717) is 17.7 Å². The number of fused-ring (bicyclic) bond motifs is 1. The molecule has 0 unspecified atom stereocenters. The van der Waals surface area contributed by atoms with Gasteiger partial charge in [0.1, 0.15) is 17.7 Å². The number of rotatable bonds is 5. The van der Waals surface area contributed by atoms with E-state index in [-0.39, 0.29) is 23.3 Å². The van der Waals surface area contributed by atoms with E-state index in [2.05, 4.69) is 20.4 Å². The standard InChI is InChI=1S/C25H25F2N5O3/c1-13-9-15-7-8-18(20(26)16(15)10-13)34-23-21(27)22(28-12-29-23)30-19-11-17(14-5-6-14)31-32(19)24(33)35-25(2,3)4/h7-8,10-12,14H,5-6,9H2,1-4H3,(H,28,29,30). The van der Waals surface area contributed by atoms with Gasteiger partial charge >= 0.3 is 6.09 Å². The molecule has 0 aliphatic heterocycles. The molecule has 2 aliphatic rings. The molecular weight excluding hydrogens is 456 g/mol. The fourth-order valence-electron chi connectivity index (χ4n) is 3.85. The minimum Gasteiger partial charge on any atom is -0.442 e. The average Bonchev–Trinajstić information content (AvgIpc) is 3.42. The van der Waals surface area contributed by atoms with Crippen LogP contribution in [-0.2, 0) is 11.2 Å². The molecule has 2 aliphatic carbocycles. The predicted octanol–water partition coefficient (Wildman–Crippen LogP) is 6.11. The molecule has 0 spiro atoms. The highest BCUT2D eigenvalue weighted by atomic mass is 19.1. The molecule has 0 atom stereocenters. The number of hydrogen-bond donors (Lipinski definition) is 1. The topological polar surface area (TPSA) is 91.2 Å². The summed E-state index contributed by atoms with van der Waals surface area (Å²) in [5, 5.41) is 7.14. The molecule has 10 heteroatoms. The third-order valence-corrected chi connectivity index (χ3v) is 5.60. The minimum absolute atomic E-state index is 0.145. The highest BCUT2D eigenvalue weighted by Gasteiger charge is 2.30. The lowest BCUT2D eigenvalue weighted by Gasteiger charge is -2.19. The van der Waals surface area contributed by atoms with Gasteiger partial charge in [-0.1, -0.05) is 17.7 Å². The first kappa shape index (κ1) is 22.9. The lowest BCUT2D eigenvalue weighted by Crippen LogP contribution is -2.28. The number of allylic oxidation sites excluding steroid dienone is 1. The number of hydrogen-bond acceptors (Lipinski definition) is 7. The van der Waals surface area contributed by atoms with Crippen molar-refractivity contribution in [3.8, 4) is 11.6 Å². The molecule has 1 fully saturated rings. The first-order chi connectivity index (χ1) is 16.6. The van der Waals surface area contributed by atoms with E-state index < -0.39 is 29.2 Å². The average molecular weight is 482 g/mol. The lowest BCUT2D eigenvalue weighted by molar-refractivity contribution is 0.0518. The Morgan fingerprint density at radius 1 is 1.17 bits per heavy atom. The molecule has 8 nitrogen and oxygen atoms in total. The lowest BCUT2D eigenvalue weighted by atomic mass is 10.1. The molecule has 182 valence electrons. The summed E-state index contributed by atoms with van der Waals surface area (Å²) in [5.41, 5.74) is 2.27. The zero-order valence-corrected chi connectivity index (χ0v) is 19.9. The van der Waals surface area contributed by atoms with Gasteiger partial charge in [-0.3, -0.25) is 0 Å². The first-order valence-corrected chi connectivity index (χ1v) is 11.4. The summed E-state index contributed by atoms with van der Waals surface area (Å²) in [6.07, 6.45) is 4.72. The van der Waals surface area contributed by atoms with E-state index in [0.717, 1.165) is 35.0 Å². The number of carbonyl (C=O) groups is 1. The Balaban J connectivity index is 1.43. The van der Waals surface area contributed by atoms with Gasteiger partial charge in [0.15, 0.2) is 17.4 Å². The molecule has 3 aromatic rings. The van der Waals surface area contributed by atoms with Gasteiger partial charge in [-0.15, -0.1) is 4.68 Å². The molecule has 0 saturated heterocycles. The van der Waals surface area contributed by atoms with Crippen LogP contribution in [0.5, 0.6) is 11.6 Å². The maximum atomic E-state index is 15.3. The van der Waals surface area contributed by atoms with Crippen molar-refractivity contribution >= 4 is 23.8 Å². The fourth-order valence-corrected chi connectivity index (χ4v) is 3.85. The van der Waals surface area contributed by atoms with Gasteiger partial charge in [-0.05, 0) is 58.6 Å². The Hall–Kier alpha value is -3.82. The van der Waals surface area contributed by atoms with Gasteiger partial charge in [0.25, 0.3) is 5.88 Å². The normalized spacial score (nSPS) is 15.0. The first-order valence-electron chi connectivity index (χ1n) is 11.4. The van der Waals surface area contributed by atoms with Crippen LogP contribution < -0.4 is 10.1 Å². The molecule has 1 saturated carbocycles. The van der Waals surface area contributed by atoms with Gasteiger partial charge in [-0.2, -0.15) is 14.5 Å². The molecule has 0 amide bonds. The Morgan fingerprint density at radius 3 is 2.66 bits per heavy atom. The Kier molecular flexibility index (Phi) is 5.53. The molecule has 0 radical (unpaired) electrons. The number of ether oxygens (including phenoxy) is 2. The van der Waals surface area contributed by atoms with Crippen molar-refractivity contribution in [2.24, 2.45) is 0 Å². The molecule has 35 heavy (non-hydrogen) atoms. The summed E-state index contributed by atoms with van der Waals surface area (Å²) in [5.74, 6) is -1.94. The summed E-state index contributed by atoms with van der Waals surface area (Å²) >= 11 is 0. The third-order valence-electron chi connectivity index (χ3n) is 5.60. The van der Waals surface area contributed by atoms with Gasteiger partial charge < -0.3 is 14.8 Å². The van der Waals surface area contributed by atoms with Crippen LogP contribution in [-0.4, -0.2) is 31.4 Å². The number of aromatic nitrogens is 4. The summed E-state index contributed by atoms with van der Waals surface area (Å²) in [4.78, 5) is 20.5. The van der Waals surface area contributed by atoms with Crippen molar-refractivity contribution < 1.29 is 23.0 Å². The maximum absolute atomic E-state index is 15.3. The van der Waals surface area contributed by atoms with Crippen LogP contribution in [0.15, 0.2) is 30.1 Å². The largest absolute Gasteiger partial charge is 0.442 e. The number of anilines is 2. The van der Waals surface area contributed by atoms with Crippen molar-refractivity contribution in [2.45, 2.75) is 58.5 Å². The fraction of sp³-hybridized carbons (Fsp3) is 0.360. The second kappa shape index (κ2) is 8.44. The van der Waals surface area contributed by atoms with Gasteiger partial charge in [0.2, 0.25) is 5.82 Å². The van der Waals surface area contributed by atoms with Crippen molar-refractivity contribution in [3.05, 3.63) is 58.6 Å². The number of carbonyl (C=O) groups excluding carboxylic acids is 1. The number of nitrogens with zero attached hydrogens (tertiary/aromatic N) is 4. The van der Waals surface area contributed by atoms with E-state index in [9.17, 15) is 9.18 Å². The van der Waals surface area contributed by atoms with Crippen molar-refractivity contribution in [1.82, 2.24) is 19.7 Å². The van der Waals surface area contributed by atoms with Crippen molar-refractivity contribution in [2.75, 3.05) is 5.32 Å². The zero-order valence-electron chi connectivity index (χ0n) is 19.9. The Labute approximate surface area is 201 Å². The van der Waals surface area contributed by atoms with Gasteiger partial charge in [0, 0.05) is 17.5 Å². The SMILES string of the molecule is CC1=Cc2c(ccc(Oc3ncnc(Nc4cc(C5CC5)nn4C(=O)OC(C)(C)C)c3F)c2F)C1. The number of nitrogens with one attached hydrogen (secondary N) is 1. The second-order valence-electron chi connectivity index (χ2n) is 9.81. The summed E-state index contributed by atoms with van der Waals surface area (Å²) in [6, 6.07) is 4.87. The van der Waals surface area contributed by atoms with Crippen LogP contribution in [0.4, 0.5) is 25.2 Å². The van der Waals surface area contributed by atoms with Crippen LogP contribution in [0.2, 0.25) is 0 Å². The van der Waals surface area contributed by atoms with Crippen LogP contribution in [0.1, 0.15) is 63.3 Å². The van der Waals surface area contributed by atoms with E-state index in [1.165, 1.54) is 6.07 Å². The van der Waals surface area contributed by atoms with Crippen LogP contribution in [0, 0.1) is 11.6 Å². The molecule has 1 N–H and O–H groups in total. The summed E-state index contributed by atoms with van der Waals surface area (Å²) in [7, 11) is 0. The van der Waals surface area contributed by atoms with E-state index in [1.807, 2.05) is 6.92 Å². The van der Waals surface area contributed by atoms with E-state index in [1.54, 1.807) is 39.0 Å². The molecule has 2 aromatic heterocycles. The molecular formula is C25H25F2N5O3. The predicted molar refractivity (Wildman–Crippen MR) is 125 cm³/mol. The maximum Gasteiger partial charge on any atom is 0.437 e. The highest BCUT2D eigenvalue weighted by molar-refractivity contribution is 5.76. The molecule has 1 aromatic carbocycles.